The Morgan fingerprint density at radius 2 is 2.00 bits per heavy atom. The number of carbonyl (C=O) groups is 1. The predicted molar refractivity (Wildman–Crippen MR) is 158 cm³/mol. The summed E-state index contributed by atoms with van der Waals surface area (Å²) in [5.41, 5.74) is 9.12. The lowest BCUT2D eigenvalue weighted by Gasteiger charge is -2.60. The van der Waals surface area contributed by atoms with E-state index >= 15 is 0 Å². The van der Waals surface area contributed by atoms with Crippen molar-refractivity contribution in [3.8, 4) is 0 Å². The summed E-state index contributed by atoms with van der Waals surface area (Å²) < 4.78 is 0.167. The summed E-state index contributed by atoms with van der Waals surface area (Å²) in [6, 6.07) is 0. The molecule has 38 heavy (non-hydrogen) atoms. The smallest absolute Gasteiger partial charge is 0.189 e. The van der Waals surface area contributed by atoms with Crippen LogP contribution in [0.5, 0.6) is 0 Å². The Kier molecular flexibility index (Phi) is 6.37. The van der Waals surface area contributed by atoms with Crippen LogP contribution < -0.4 is 11.1 Å². The van der Waals surface area contributed by atoms with Gasteiger partial charge in [0.2, 0.25) is 0 Å². The van der Waals surface area contributed by atoms with Crippen LogP contribution in [0.3, 0.4) is 0 Å². The highest BCUT2D eigenvalue weighted by Gasteiger charge is 2.73. The van der Waals surface area contributed by atoms with Crippen LogP contribution in [-0.2, 0) is 4.79 Å². The summed E-state index contributed by atoms with van der Waals surface area (Å²) in [5, 5.41) is 14.3. The highest BCUT2D eigenvalue weighted by atomic mass is 33.1. The molecule has 7 aliphatic rings. The van der Waals surface area contributed by atoms with Crippen LogP contribution in [0.15, 0.2) is 28.3 Å². The van der Waals surface area contributed by atoms with Crippen molar-refractivity contribution in [2.75, 3.05) is 18.9 Å². The lowest BCUT2D eigenvalue weighted by molar-refractivity contribution is -0.134. The number of hydrogen-bond acceptors (Lipinski definition) is 7. The van der Waals surface area contributed by atoms with E-state index in [1.165, 1.54) is 49.7 Å². The third-order valence-corrected chi connectivity index (χ3v) is 16.0. The Morgan fingerprint density at radius 3 is 2.79 bits per heavy atom. The van der Waals surface area contributed by atoms with E-state index in [-0.39, 0.29) is 33.6 Å². The minimum Gasteiger partial charge on any atom is -0.396 e. The Labute approximate surface area is 236 Å². The molecule has 7 rings (SSSR count). The van der Waals surface area contributed by atoms with Crippen LogP contribution in [0.4, 0.5) is 0 Å². The largest absolute Gasteiger partial charge is 0.396 e. The molecule has 0 aromatic heterocycles. The Balaban J connectivity index is 1.32. The van der Waals surface area contributed by atoms with Crippen molar-refractivity contribution in [2.45, 2.75) is 101 Å². The molecule has 5 bridgehead atoms. The Hall–Kier alpha value is -0.920. The zero-order chi connectivity index (χ0) is 26.2. The maximum absolute atomic E-state index is 14.3. The fraction of sp³-hybridized carbons (Fsp3) is 0.806. The first-order chi connectivity index (χ1) is 18.4. The van der Waals surface area contributed by atoms with E-state index in [1.807, 2.05) is 0 Å². The number of aliphatic hydroxyl groups is 1. The highest BCUT2D eigenvalue weighted by molar-refractivity contribution is 8.77. The summed E-state index contributed by atoms with van der Waals surface area (Å²) in [7, 11) is 4.29. The molecule has 0 saturated heterocycles. The van der Waals surface area contributed by atoms with Crippen molar-refractivity contribution < 1.29 is 9.90 Å². The first-order valence-corrected chi connectivity index (χ1v) is 17.7. The normalized spacial score (nSPS) is 45.8. The van der Waals surface area contributed by atoms with Crippen molar-refractivity contribution in [3.05, 3.63) is 23.3 Å². The third kappa shape index (κ3) is 3.30. The second kappa shape index (κ2) is 9.30. The van der Waals surface area contributed by atoms with Gasteiger partial charge in [-0.3, -0.25) is 9.79 Å². The average molecular weight is 556 g/mol. The van der Waals surface area contributed by atoms with Gasteiger partial charge in [-0.2, -0.15) is 0 Å². The number of allylic oxidation sites excluding steroid dienone is 4. The van der Waals surface area contributed by atoms with Gasteiger partial charge in [-0.15, -0.1) is 0 Å². The fourth-order valence-corrected chi connectivity index (χ4v) is 14.8. The molecular formula is C31H45N3O2S2. The first kappa shape index (κ1) is 26.0. The van der Waals surface area contributed by atoms with Gasteiger partial charge in [0.25, 0.3) is 0 Å². The minimum absolute atomic E-state index is 0.00887. The molecule has 0 amide bonds. The molecule has 0 aromatic carbocycles. The van der Waals surface area contributed by atoms with Crippen LogP contribution in [0.1, 0.15) is 90.4 Å². The molecule has 2 heterocycles. The third-order valence-electron chi connectivity index (χ3n) is 12.6. The van der Waals surface area contributed by atoms with Crippen molar-refractivity contribution in [3.63, 3.8) is 0 Å². The van der Waals surface area contributed by atoms with E-state index in [0.717, 1.165) is 57.2 Å². The molecule has 4 N–H and O–H groups in total. The van der Waals surface area contributed by atoms with Crippen molar-refractivity contribution in [1.29, 1.82) is 0 Å². The number of guanidine groups is 1. The second-order valence-corrected chi connectivity index (χ2v) is 16.5. The number of nitrogens with one attached hydrogen (secondary N) is 1. The number of Topliss-reactive ketones (excluding diaryl/α,β-unsaturated/α-hetero) is 1. The second-order valence-electron chi connectivity index (χ2n) is 13.7. The molecule has 7 heteroatoms. The Bertz CT molecular complexity index is 1100. The van der Waals surface area contributed by atoms with E-state index in [4.69, 9.17) is 5.73 Å². The van der Waals surface area contributed by atoms with E-state index in [2.05, 4.69) is 51.0 Å². The van der Waals surface area contributed by atoms with Crippen LogP contribution in [0.2, 0.25) is 0 Å². The zero-order valence-corrected chi connectivity index (χ0v) is 24.6. The summed E-state index contributed by atoms with van der Waals surface area (Å²) in [4.78, 5) is 18.8. The fourth-order valence-electron chi connectivity index (χ4n) is 11.0. The van der Waals surface area contributed by atoms with Crippen LogP contribution in [0, 0.1) is 34.5 Å². The molecule has 3 fully saturated rings. The number of nitrogens with two attached hydrogens (primary N) is 1. The van der Waals surface area contributed by atoms with Crippen molar-refractivity contribution in [2.24, 2.45) is 45.2 Å². The monoisotopic (exact) mass is 555 g/mol. The number of nitrogens with zero attached hydrogens (tertiary/aromatic N) is 1. The maximum atomic E-state index is 14.3. The quantitative estimate of drug-likeness (QED) is 0.281. The van der Waals surface area contributed by atoms with Crippen molar-refractivity contribution in [1.82, 2.24) is 5.32 Å². The summed E-state index contributed by atoms with van der Waals surface area (Å²) in [6.07, 6.45) is 19.4. The van der Waals surface area contributed by atoms with E-state index in [9.17, 15) is 9.90 Å². The zero-order valence-electron chi connectivity index (χ0n) is 23.0. The number of fused-ring (bicyclic) bond motifs is 1. The Morgan fingerprint density at radius 1 is 1.16 bits per heavy atom. The van der Waals surface area contributed by atoms with Crippen molar-refractivity contribution >= 4 is 33.3 Å². The first-order valence-electron chi connectivity index (χ1n) is 15.3. The number of rotatable bonds is 1. The maximum Gasteiger partial charge on any atom is 0.189 e. The van der Waals surface area contributed by atoms with E-state index < -0.39 is 0 Å². The van der Waals surface area contributed by atoms with E-state index in [0.29, 0.717) is 29.5 Å². The molecule has 3 saturated carbocycles. The van der Waals surface area contributed by atoms with Crippen LogP contribution in [0.25, 0.3) is 0 Å². The molecule has 5 aliphatic carbocycles. The van der Waals surface area contributed by atoms with Gasteiger partial charge in [-0.1, -0.05) is 65.5 Å². The van der Waals surface area contributed by atoms with Gasteiger partial charge in [0.05, 0.1) is 11.5 Å². The molecule has 7 atom stereocenters. The minimum atomic E-state index is -0.0653. The number of ketones is 1. The van der Waals surface area contributed by atoms with Gasteiger partial charge in [-0.25, -0.2) is 0 Å². The summed E-state index contributed by atoms with van der Waals surface area (Å²) >= 11 is 0. The molecule has 5 nitrogen and oxygen atoms in total. The number of aliphatic imine (C=N–C) groups is 1. The molecule has 0 radical (unpaired) electrons. The predicted octanol–water partition coefficient (Wildman–Crippen LogP) is 5.79. The molecule has 2 aliphatic heterocycles. The van der Waals surface area contributed by atoms with Gasteiger partial charge in [0.1, 0.15) is 0 Å². The number of aliphatic hydroxyl groups excluding tert-OH is 1. The number of hydrogen-bond donors (Lipinski definition) is 3. The average Bonchev–Trinajstić information content (AvgIpc) is 3.22. The molecular weight excluding hydrogens is 510 g/mol. The standard InChI is InChI=1S/C31H45N3O2S2/c1-28-14-16-37-38-30(11-3-2-4-12-30)29(13-15-33-27(32)34-29)10-6-7-22-25-18-21(28)17-20(19-35)23-8-5-9-24(26(22)36)31(23,25)28/h5,9,20-21,23-24,35H,2-4,6-8,10-19H2,1H3,(H3,32,33,34). The molecule has 7 unspecified atom stereocenters. The van der Waals surface area contributed by atoms with Gasteiger partial charge >= 0.3 is 0 Å². The topological polar surface area (TPSA) is 87.7 Å². The van der Waals surface area contributed by atoms with E-state index in [1.54, 1.807) is 0 Å². The van der Waals surface area contributed by atoms with Gasteiger partial charge < -0.3 is 16.2 Å². The van der Waals surface area contributed by atoms with Gasteiger partial charge in [-0.05, 0) is 93.0 Å². The van der Waals surface area contributed by atoms with Gasteiger partial charge in [0.15, 0.2) is 11.7 Å². The molecule has 208 valence electrons. The van der Waals surface area contributed by atoms with Crippen LogP contribution >= 0.6 is 21.6 Å². The van der Waals surface area contributed by atoms with Crippen LogP contribution in [-0.4, -0.2) is 46.0 Å². The molecule has 3 spiro atoms. The SMILES string of the molecule is CC12CCSSC3(CCCCC3)C3(CCCC4=C5CC1CC(CO)C1CC=CC(C4=O)C512)CCN=C(N)N3. The summed E-state index contributed by atoms with van der Waals surface area (Å²) in [6.45, 7) is 3.62. The summed E-state index contributed by atoms with van der Waals surface area (Å²) in [5.74, 6) is 3.46. The highest BCUT2D eigenvalue weighted by Crippen LogP contribution is 2.78. The molecule has 0 aromatic rings. The lowest BCUT2D eigenvalue weighted by Crippen LogP contribution is -2.66. The lowest BCUT2D eigenvalue weighted by atomic mass is 9.44. The number of carbonyl (C=O) groups excluding carboxylic acids is 1. The van der Waals surface area contributed by atoms with Gasteiger partial charge in [0, 0.05) is 29.1 Å².